The van der Waals surface area contributed by atoms with E-state index in [1.807, 2.05) is 64.0 Å². The average Bonchev–Trinajstić information content (AvgIpc) is 3.15. The van der Waals surface area contributed by atoms with Gasteiger partial charge in [0.25, 0.3) is 5.91 Å². The summed E-state index contributed by atoms with van der Waals surface area (Å²) in [4.78, 5) is 34.8. The minimum Gasteiger partial charge on any atom is -0.503 e. The molecule has 7 nitrogen and oxygen atoms in total. The number of hydrogen-bond donors (Lipinski definition) is 1. The SMILES string of the molecule is Cc1nc(C)c(C(=O)C2=C(O)C(=O)N(CCN(C)C)C2c2cccc(OC(C)C)c2)s1. The van der Waals surface area contributed by atoms with E-state index in [0.717, 1.165) is 10.6 Å². The van der Waals surface area contributed by atoms with Crippen molar-refractivity contribution in [1.29, 1.82) is 0 Å². The van der Waals surface area contributed by atoms with Crippen LogP contribution in [0.5, 0.6) is 5.75 Å². The Bertz CT molecular complexity index is 1030. The maximum atomic E-state index is 13.5. The Morgan fingerprint density at radius 3 is 2.61 bits per heavy atom. The van der Waals surface area contributed by atoms with Gasteiger partial charge in [-0.3, -0.25) is 9.59 Å². The minimum absolute atomic E-state index is 0.0156. The fraction of sp³-hybridized carbons (Fsp3) is 0.435. The second kappa shape index (κ2) is 9.20. The molecule has 1 aliphatic rings. The monoisotopic (exact) mass is 443 g/mol. The Kier molecular flexibility index (Phi) is 6.81. The van der Waals surface area contributed by atoms with Crippen molar-refractivity contribution in [2.75, 3.05) is 27.2 Å². The Morgan fingerprint density at radius 2 is 2.03 bits per heavy atom. The number of carbonyl (C=O) groups excluding carboxylic acids is 2. The number of hydrogen-bond acceptors (Lipinski definition) is 7. The summed E-state index contributed by atoms with van der Waals surface area (Å²) >= 11 is 1.27. The molecule has 1 N–H and O–H groups in total. The lowest BCUT2D eigenvalue weighted by Gasteiger charge is -2.28. The molecule has 0 aliphatic carbocycles. The fourth-order valence-corrected chi connectivity index (χ4v) is 4.54. The van der Waals surface area contributed by atoms with Crippen molar-refractivity contribution in [3.8, 4) is 5.75 Å². The van der Waals surface area contributed by atoms with Crippen molar-refractivity contribution in [3.05, 3.63) is 56.7 Å². The Hall–Kier alpha value is -2.71. The van der Waals surface area contributed by atoms with Crippen LogP contribution in [0, 0.1) is 13.8 Å². The van der Waals surface area contributed by atoms with Crippen LogP contribution in [-0.2, 0) is 4.79 Å². The molecule has 1 aromatic carbocycles. The molecule has 0 radical (unpaired) electrons. The quantitative estimate of drug-likeness (QED) is 0.627. The number of thiazole rings is 1. The fourth-order valence-electron chi connectivity index (χ4n) is 3.66. The second-order valence-corrected chi connectivity index (χ2v) is 9.39. The highest BCUT2D eigenvalue weighted by Gasteiger charge is 2.44. The predicted molar refractivity (Wildman–Crippen MR) is 121 cm³/mol. The molecular weight excluding hydrogens is 414 g/mol. The van der Waals surface area contributed by atoms with E-state index in [2.05, 4.69) is 4.98 Å². The van der Waals surface area contributed by atoms with Crippen molar-refractivity contribution >= 4 is 23.0 Å². The van der Waals surface area contributed by atoms with Crippen molar-refractivity contribution in [2.45, 2.75) is 39.8 Å². The zero-order valence-electron chi connectivity index (χ0n) is 18.8. The third kappa shape index (κ3) is 4.80. The molecular formula is C23H29N3O4S. The first kappa shape index (κ1) is 23.0. The lowest BCUT2D eigenvalue weighted by molar-refractivity contribution is -0.129. The second-order valence-electron chi connectivity index (χ2n) is 8.18. The lowest BCUT2D eigenvalue weighted by atomic mass is 9.95. The van der Waals surface area contributed by atoms with E-state index in [0.29, 0.717) is 29.4 Å². The predicted octanol–water partition coefficient (Wildman–Crippen LogP) is 3.69. The first-order chi connectivity index (χ1) is 14.6. The van der Waals surface area contributed by atoms with Gasteiger partial charge in [-0.15, -0.1) is 11.3 Å². The van der Waals surface area contributed by atoms with Crippen LogP contribution in [0.4, 0.5) is 0 Å². The van der Waals surface area contributed by atoms with Gasteiger partial charge in [0, 0.05) is 13.1 Å². The molecule has 8 heteroatoms. The summed E-state index contributed by atoms with van der Waals surface area (Å²) in [5.74, 6) is -0.740. The molecule has 1 amide bonds. The Balaban J connectivity index is 2.09. The molecule has 0 spiro atoms. The van der Waals surface area contributed by atoms with Crippen molar-refractivity contribution in [3.63, 3.8) is 0 Å². The molecule has 31 heavy (non-hydrogen) atoms. The molecule has 0 fully saturated rings. The number of ketones is 1. The third-order valence-electron chi connectivity index (χ3n) is 4.99. The molecule has 0 bridgehead atoms. The number of rotatable bonds is 8. The van der Waals surface area contributed by atoms with Gasteiger partial charge in [0.2, 0.25) is 5.78 Å². The van der Waals surface area contributed by atoms with Gasteiger partial charge in [0.05, 0.1) is 33.3 Å². The topological polar surface area (TPSA) is 83.0 Å². The van der Waals surface area contributed by atoms with Gasteiger partial charge in [-0.1, -0.05) is 12.1 Å². The number of aromatic nitrogens is 1. The summed E-state index contributed by atoms with van der Waals surface area (Å²) in [5.41, 5.74) is 1.41. The van der Waals surface area contributed by atoms with Crippen LogP contribution in [0.3, 0.4) is 0 Å². The van der Waals surface area contributed by atoms with E-state index < -0.39 is 17.7 Å². The number of likely N-dealkylation sites (N-methyl/N-ethyl adjacent to an activating group) is 1. The van der Waals surface area contributed by atoms with Crippen LogP contribution in [0.15, 0.2) is 35.6 Å². The molecule has 1 aromatic heterocycles. The molecule has 1 unspecified atom stereocenters. The number of Topliss-reactive ketones (excluding diaryl/α,β-unsaturated/α-hetero) is 1. The summed E-state index contributed by atoms with van der Waals surface area (Å²) in [5, 5.41) is 11.5. The largest absolute Gasteiger partial charge is 0.503 e. The minimum atomic E-state index is -0.697. The van der Waals surface area contributed by atoms with Gasteiger partial charge in [-0.05, 0) is 59.5 Å². The van der Waals surface area contributed by atoms with E-state index in [1.54, 1.807) is 11.8 Å². The standard InChI is InChI=1S/C23H29N3O4S/c1-13(2)30-17-9-7-8-16(12-17)19-18(20(27)22-14(3)24-15(4)31-22)21(28)23(29)26(19)11-10-25(5)6/h7-9,12-13,19,28H,10-11H2,1-6H3. The highest BCUT2D eigenvalue weighted by Crippen LogP contribution is 2.40. The van der Waals surface area contributed by atoms with Crippen LogP contribution >= 0.6 is 11.3 Å². The maximum absolute atomic E-state index is 13.5. The highest BCUT2D eigenvalue weighted by atomic mass is 32.1. The van der Waals surface area contributed by atoms with Gasteiger partial charge < -0.3 is 19.6 Å². The van der Waals surface area contributed by atoms with Crippen LogP contribution in [0.1, 0.15) is 45.8 Å². The molecule has 1 aliphatic heterocycles. The van der Waals surface area contributed by atoms with E-state index in [4.69, 9.17) is 4.74 Å². The van der Waals surface area contributed by atoms with E-state index >= 15 is 0 Å². The Morgan fingerprint density at radius 1 is 1.32 bits per heavy atom. The first-order valence-corrected chi connectivity index (χ1v) is 11.1. The normalized spacial score (nSPS) is 16.7. The number of carbonyl (C=O) groups is 2. The maximum Gasteiger partial charge on any atom is 0.290 e. The number of ether oxygens (including phenoxy) is 1. The molecule has 166 valence electrons. The summed E-state index contributed by atoms with van der Waals surface area (Å²) in [6.07, 6.45) is -0.0156. The van der Waals surface area contributed by atoms with Gasteiger partial charge in [0.1, 0.15) is 5.75 Å². The van der Waals surface area contributed by atoms with E-state index in [-0.39, 0.29) is 17.5 Å². The average molecular weight is 444 g/mol. The summed E-state index contributed by atoms with van der Waals surface area (Å²) < 4.78 is 5.82. The highest BCUT2D eigenvalue weighted by molar-refractivity contribution is 7.14. The van der Waals surface area contributed by atoms with Crippen molar-refractivity contribution in [1.82, 2.24) is 14.8 Å². The van der Waals surface area contributed by atoms with Gasteiger partial charge in [0.15, 0.2) is 5.76 Å². The zero-order chi connectivity index (χ0) is 22.9. The first-order valence-electron chi connectivity index (χ1n) is 10.2. The van der Waals surface area contributed by atoms with Crippen LogP contribution in [-0.4, -0.2) is 64.9 Å². The number of amides is 1. The Labute approximate surface area is 187 Å². The van der Waals surface area contributed by atoms with Gasteiger partial charge >= 0.3 is 0 Å². The van der Waals surface area contributed by atoms with Crippen molar-refractivity contribution < 1.29 is 19.4 Å². The number of nitrogens with zero attached hydrogens (tertiary/aromatic N) is 3. The van der Waals surface area contributed by atoms with Crippen LogP contribution < -0.4 is 4.74 Å². The number of aliphatic hydroxyl groups is 1. The number of benzene rings is 1. The summed E-state index contributed by atoms with van der Waals surface area (Å²) in [6, 6.07) is 6.66. The van der Waals surface area contributed by atoms with E-state index in [1.165, 1.54) is 11.3 Å². The molecule has 2 aromatic rings. The number of aryl methyl sites for hydroxylation is 2. The van der Waals surface area contributed by atoms with Gasteiger partial charge in [-0.2, -0.15) is 0 Å². The summed E-state index contributed by atoms with van der Waals surface area (Å²) in [6.45, 7) is 8.43. The molecule has 1 atom stereocenters. The van der Waals surface area contributed by atoms with Crippen LogP contribution in [0.25, 0.3) is 0 Å². The zero-order valence-corrected chi connectivity index (χ0v) is 19.6. The van der Waals surface area contributed by atoms with E-state index in [9.17, 15) is 14.7 Å². The smallest absolute Gasteiger partial charge is 0.290 e. The molecule has 2 heterocycles. The van der Waals surface area contributed by atoms with Gasteiger partial charge in [-0.25, -0.2) is 4.98 Å². The van der Waals surface area contributed by atoms with Crippen molar-refractivity contribution in [2.24, 2.45) is 0 Å². The molecule has 0 saturated carbocycles. The molecule has 0 saturated heterocycles. The number of aliphatic hydroxyl groups excluding tert-OH is 1. The molecule has 3 rings (SSSR count). The lowest BCUT2D eigenvalue weighted by Crippen LogP contribution is -2.36. The third-order valence-corrected chi connectivity index (χ3v) is 6.06. The summed E-state index contributed by atoms with van der Waals surface area (Å²) in [7, 11) is 3.82. The van der Waals surface area contributed by atoms with Crippen LogP contribution in [0.2, 0.25) is 0 Å².